The summed E-state index contributed by atoms with van der Waals surface area (Å²) in [7, 11) is 0. The van der Waals surface area contributed by atoms with Crippen molar-refractivity contribution in [1.29, 1.82) is 0 Å². The molecule has 29 heavy (non-hydrogen) atoms. The normalized spacial score (nSPS) is 12.1. The van der Waals surface area contributed by atoms with Crippen molar-refractivity contribution in [3.05, 3.63) is 76.8 Å². The minimum absolute atomic E-state index is 0.392. The van der Waals surface area contributed by atoms with E-state index in [4.69, 9.17) is 16.3 Å². The largest absolute Gasteiger partial charge is 0.479 e. The first kappa shape index (κ1) is 21.1. The van der Waals surface area contributed by atoms with E-state index in [1.165, 1.54) is 0 Å². The zero-order chi connectivity index (χ0) is 21.0. The number of benzene rings is 3. The first-order valence-corrected chi connectivity index (χ1v) is 10.1. The van der Waals surface area contributed by atoms with Crippen LogP contribution >= 0.6 is 11.6 Å². The lowest BCUT2D eigenvalue weighted by Crippen LogP contribution is -2.19. The van der Waals surface area contributed by atoms with Crippen LogP contribution in [0.15, 0.2) is 55.1 Å². The number of hydrogen-bond acceptors (Lipinski definition) is 2. The number of aliphatic carboxylic acids is 1. The van der Waals surface area contributed by atoms with Crippen molar-refractivity contribution in [2.24, 2.45) is 0 Å². The third-order valence-electron chi connectivity index (χ3n) is 5.17. The van der Waals surface area contributed by atoms with E-state index in [9.17, 15) is 9.90 Å². The molecule has 0 fully saturated rings. The van der Waals surface area contributed by atoms with E-state index in [1.54, 1.807) is 6.08 Å². The summed E-state index contributed by atoms with van der Waals surface area (Å²) in [6.07, 6.45) is 2.47. The van der Waals surface area contributed by atoms with Gasteiger partial charge in [-0.1, -0.05) is 74.0 Å². The van der Waals surface area contributed by atoms with Crippen molar-refractivity contribution in [3.8, 4) is 11.1 Å². The Morgan fingerprint density at radius 3 is 2.41 bits per heavy atom. The zero-order valence-corrected chi connectivity index (χ0v) is 17.5. The molecule has 0 spiro atoms. The van der Waals surface area contributed by atoms with E-state index in [0.717, 1.165) is 45.9 Å². The van der Waals surface area contributed by atoms with Gasteiger partial charge in [0.2, 0.25) is 0 Å². The maximum Gasteiger partial charge on any atom is 0.337 e. The van der Waals surface area contributed by atoms with Crippen LogP contribution in [0.25, 0.3) is 28.0 Å². The molecule has 3 rings (SSSR count). The highest BCUT2D eigenvalue weighted by atomic mass is 35.5. The fourth-order valence-electron chi connectivity index (χ4n) is 3.76. The van der Waals surface area contributed by atoms with Crippen molar-refractivity contribution >= 4 is 34.4 Å². The van der Waals surface area contributed by atoms with Gasteiger partial charge < -0.3 is 9.84 Å². The lowest BCUT2D eigenvalue weighted by Gasteiger charge is -2.24. The summed E-state index contributed by atoms with van der Waals surface area (Å²) in [5.41, 5.74) is 4.24. The van der Waals surface area contributed by atoms with Crippen molar-refractivity contribution in [1.82, 2.24) is 0 Å². The molecule has 0 heterocycles. The number of rotatable bonds is 8. The quantitative estimate of drug-likeness (QED) is 0.406. The number of hydrogen-bond donors (Lipinski definition) is 1. The summed E-state index contributed by atoms with van der Waals surface area (Å²) in [4.78, 5) is 12.2. The molecule has 1 unspecified atom stereocenters. The third kappa shape index (κ3) is 4.21. The number of carbonyl (C=O) groups is 1. The van der Waals surface area contributed by atoms with Crippen LogP contribution in [0.4, 0.5) is 0 Å². The predicted molar refractivity (Wildman–Crippen MR) is 120 cm³/mol. The van der Waals surface area contributed by atoms with E-state index >= 15 is 0 Å². The number of carboxylic acid groups (broad SMARTS) is 1. The molecule has 1 N–H and O–H groups in total. The van der Waals surface area contributed by atoms with Gasteiger partial charge in [0.15, 0.2) is 6.10 Å². The van der Waals surface area contributed by atoms with Crippen molar-refractivity contribution in [2.75, 3.05) is 6.61 Å². The first-order valence-electron chi connectivity index (χ1n) is 9.77. The van der Waals surface area contributed by atoms with Crippen LogP contribution in [0.1, 0.15) is 42.6 Å². The molecular weight excluding hydrogens is 384 g/mol. The predicted octanol–water partition coefficient (Wildman–Crippen LogP) is 7.05. The Kier molecular flexibility index (Phi) is 6.73. The molecule has 0 aromatic heterocycles. The van der Waals surface area contributed by atoms with E-state index in [2.05, 4.69) is 13.5 Å². The molecule has 0 aliphatic heterocycles. The van der Waals surface area contributed by atoms with E-state index in [1.807, 2.05) is 55.5 Å². The minimum Gasteiger partial charge on any atom is -0.479 e. The van der Waals surface area contributed by atoms with Gasteiger partial charge in [-0.25, -0.2) is 4.79 Å². The molecule has 0 radical (unpaired) electrons. The Hall–Kier alpha value is -2.62. The molecule has 3 aromatic carbocycles. The summed E-state index contributed by atoms with van der Waals surface area (Å²) in [6, 6.07) is 15.5. The number of unbranched alkanes of at least 4 members (excludes halogenated alkanes) is 1. The first-order chi connectivity index (χ1) is 14.0. The van der Waals surface area contributed by atoms with Crippen LogP contribution in [0, 0.1) is 6.92 Å². The second-order valence-corrected chi connectivity index (χ2v) is 7.46. The Balaban J connectivity index is 2.38. The summed E-state index contributed by atoms with van der Waals surface area (Å²) >= 11 is 6.10. The SMILES string of the molecule is C=Cc1c(C)c(C(OCCCC)C(=O)O)c(-c2ccc(Cl)cc2)c2ccccc12. The summed E-state index contributed by atoms with van der Waals surface area (Å²) < 4.78 is 5.89. The van der Waals surface area contributed by atoms with Crippen LogP contribution in [-0.2, 0) is 9.53 Å². The fourth-order valence-corrected chi connectivity index (χ4v) is 3.88. The lowest BCUT2D eigenvalue weighted by molar-refractivity contribution is -0.151. The molecular formula is C25H25ClO3. The van der Waals surface area contributed by atoms with Crippen molar-refractivity contribution in [3.63, 3.8) is 0 Å². The van der Waals surface area contributed by atoms with Gasteiger partial charge in [0.1, 0.15) is 0 Å². The van der Waals surface area contributed by atoms with Crippen LogP contribution in [0.5, 0.6) is 0 Å². The van der Waals surface area contributed by atoms with Crippen molar-refractivity contribution < 1.29 is 14.6 Å². The standard InChI is InChI=1S/C25H25ClO3/c1-4-6-15-29-24(25(27)28)22-16(3)19(5-2)20-9-7-8-10-21(20)23(22)17-11-13-18(26)14-12-17/h5,7-14,24H,2,4,6,15H2,1,3H3,(H,27,28). The highest BCUT2D eigenvalue weighted by Gasteiger charge is 2.29. The number of fused-ring (bicyclic) bond motifs is 1. The smallest absolute Gasteiger partial charge is 0.337 e. The Bertz CT molecular complexity index is 1040. The zero-order valence-electron chi connectivity index (χ0n) is 16.7. The van der Waals surface area contributed by atoms with Crippen LogP contribution in [-0.4, -0.2) is 17.7 Å². The summed E-state index contributed by atoms with van der Waals surface area (Å²) in [6.45, 7) is 8.36. The Morgan fingerprint density at radius 1 is 1.17 bits per heavy atom. The van der Waals surface area contributed by atoms with E-state index < -0.39 is 12.1 Å². The molecule has 0 aliphatic rings. The van der Waals surface area contributed by atoms with Gasteiger partial charge in [-0.3, -0.25) is 0 Å². The maximum atomic E-state index is 12.2. The second-order valence-electron chi connectivity index (χ2n) is 7.03. The summed E-state index contributed by atoms with van der Waals surface area (Å²) in [5, 5.41) is 12.7. The average molecular weight is 409 g/mol. The van der Waals surface area contributed by atoms with Gasteiger partial charge in [-0.2, -0.15) is 0 Å². The minimum atomic E-state index is -1.06. The van der Waals surface area contributed by atoms with Crippen LogP contribution in [0.2, 0.25) is 5.02 Å². The van der Waals surface area contributed by atoms with Crippen LogP contribution < -0.4 is 0 Å². The topological polar surface area (TPSA) is 46.5 Å². The monoisotopic (exact) mass is 408 g/mol. The summed E-state index contributed by atoms with van der Waals surface area (Å²) in [5.74, 6) is -0.996. The number of ether oxygens (including phenoxy) is 1. The van der Waals surface area contributed by atoms with Gasteiger partial charge in [0.25, 0.3) is 0 Å². The van der Waals surface area contributed by atoms with Crippen molar-refractivity contribution in [2.45, 2.75) is 32.8 Å². The number of carboxylic acids is 1. The van der Waals surface area contributed by atoms with Crippen LogP contribution in [0.3, 0.4) is 0 Å². The maximum absolute atomic E-state index is 12.2. The van der Waals surface area contributed by atoms with Gasteiger partial charge in [0.05, 0.1) is 0 Å². The second kappa shape index (κ2) is 9.25. The van der Waals surface area contributed by atoms with Gasteiger partial charge in [-0.15, -0.1) is 0 Å². The highest BCUT2D eigenvalue weighted by Crippen LogP contribution is 2.42. The van der Waals surface area contributed by atoms with Gasteiger partial charge in [-0.05, 0) is 58.5 Å². The molecule has 1 atom stereocenters. The van der Waals surface area contributed by atoms with Gasteiger partial charge >= 0.3 is 5.97 Å². The Morgan fingerprint density at radius 2 is 1.83 bits per heavy atom. The van der Waals surface area contributed by atoms with Gasteiger partial charge in [0, 0.05) is 17.2 Å². The molecule has 3 nitrogen and oxygen atoms in total. The highest BCUT2D eigenvalue weighted by molar-refractivity contribution is 6.30. The molecule has 4 heteroatoms. The van der Waals surface area contributed by atoms with E-state index in [0.29, 0.717) is 17.2 Å². The molecule has 0 saturated carbocycles. The molecule has 0 bridgehead atoms. The fraction of sp³-hybridized carbons (Fsp3) is 0.240. The lowest BCUT2D eigenvalue weighted by atomic mass is 9.84. The molecule has 3 aromatic rings. The molecule has 0 saturated heterocycles. The molecule has 0 aliphatic carbocycles. The molecule has 0 amide bonds. The van der Waals surface area contributed by atoms with E-state index in [-0.39, 0.29) is 0 Å². The Labute approximate surface area is 176 Å². The average Bonchev–Trinajstić information content (AvgIpc) is 2.71. The molecule has 150 valence electrons. The third-order valence-corrected chi connectivity index (χ3v) is 5.42. The number of halogens is 1.